The van der Waals surface area contributed by atoms with Gasteiger partial charge in [0.15, 0.2) is 17.8 Å². The molecule has 1 aliphatic heterocycles. The Morgan fingerprint density at radius 3 is 2.15 bits per heavy atom. The van der Waals surface area contributed by atoms with E-state index in [9.17, 15) is 22.0 Å². The fraction of sp³-hybridized carbons (Fsp3) is 0.189. The molecule has 0 saturated carbocycles. The SMILES string of the molecule is C=COCCC1CCC(c2ccc(-c3ccc(C#Cc4cc(F)c(-c5ccc(OC=C(F)F)c(F)c5)c(F)c4)cc3)c(F)c2)SC1. The van der Waals surface area contributed by atoms with Crippen molar-refractivity contribution in [3.05, 3.63) is 138 Å². The molecule has 0 spiro atoms. The third-order valence-electron chi connectivity index (χ3n) is 7.58. The molecule has 0 amide bonds. The van der Waals surface area contributed by atoms with Crippen LogP contribution in [0.5, 0.6) is 5.75 Å². The van der Waals surface area contributed by atoms with E-state index in [4.69, 9.17) is 4.74 Å². The maximum atomic E-state index is 15.2. The first-order valence-electron chi connectivity index (χ1n) is 14.4. The lowest BCUT2D eigenvalue weighted by atomic mass is 9.95. The highest BCUT2D eigenvalue weighted by atomic mass is 32.2. The average molecular weight is 651 g/mol. The molecule has 9 heteroatoms. The molecule has 0 N–H and O–H groups in total. The Kier molecular flexibility index (Phi) is 10.8. The molecule has 0 bridgehead atoms. The Morgan fingerprint density at radius 1 is 0.804 bits per heavy atom. The summed E-state index contributed by atoms with van der Waals surface area (Å²) in [4.78, 5) is 0. The Bertz CT molecular complexity index is 1770. The van der Waals surface area contributed by atoms with Crippen LogP contribution in [-0.4, -0.2) is 12.4 Å². The largest absolute Gasteiger partial charge is 0.502 e. The lowest BCUT2D eigenvalue weighted by Gasteiger charge is -2.28. The molecule has 2 nitrogen and oxygen atoms in total. The summed E-state index contributed by atoms with van der Waals surface area (Å²) >= 11 is 1.85. The van der Waals surface area contributed by atoms with Gasteiger partial charge in [0.25, 0.3) is 0 Å². The van der Waals surface area contributed by atoms with Crippen molar-refractivity contribution in [2.24, 2.45) is 5.92 Å². The van der Waals surface area contributed by atoms with E-state index in [2.05, 4.69) is 23.2 Å². The molecule has 236 valence electrons. The molecule has 1 saturated heterocycles. The fourth-order valence-corrected chi connectivity index (χ4v) is 6.72. The van der Waals surface area contributed by atoms with E-state index < -0.39 is 34.8 Å². The fourth-order valence-electron chi connectivity index (χ4n) is 5.24. The summed E-state index contributed by atoms with van der Waals surface area (Å²) < 4.78 is 93.4. The van der Waals surface area contributed by atoms with Gasteiger partial charge in [-0.05, 0) is 90.1 Å². The lowest BCUT2D eigenvalue weighted by molar-refractivity contribution is 0.222. The normalized spacial score (nSPS) is 15.8. The summed E-state index contributed by atoms with van der Waals surface area (Å²) in [5.74, 6) is 3.29. The molecule has 0 aliphatic carbocycles. The lowest BCUT2D eigenvalue weighted by Crippen LogP contribution is -2.15. The van der Waals surface area contributed by atoms with Crippen LogP contribution in [0.4, 0.5) is 26.3 Å². The molecule has 2 atom stereocenters. The van der Waals surface area contributed by atoms with Crippen LogP contribution in [0.25, 0.3) is 22.3 Å². The highest BCUT2D eigenvalue weighted by Crippen LogP contribution is 2.42. The van der Waals surface area contributed by atoms with Gasteiger partial charge in [0.1, 0.15) is 17.5 Å². The second kappa shape index (κ2) is 15.2. The molecular weight excluding hydrogens is 622 g/mol. The number of benzene rings is 4. The number of halogens is 6. The van der Waals surface area contributed by atoms with Crippen LogP contribution in [0.2, 0.25) is 0 Å². The van der Waals surface area contributed by atoms with Crippen LogP contribution in [0.15, 0.2) is 98.0 Å². The van der Waals surface area contributed by atoms with Gasteiger partial charge in [-0.2, -0.15) is 20.5 Å². The number of hydrogen-bond donors (Lipinski definition) is 0. The first-order chi connectivity index (χ1) is 22.2. The third kappa shape index (κ3) is 8.18. The molecule has 46 heavy (non-hydrogen) atoms. The Morgan fingerprint density at radius 2 is 1.52 bits per heavy atom. The Labute approximate surface area is 267 Å². The second-order valence-electron chi connectivity index (χ2n) is 10.6. The van der Waals surface area contributed by atoms with Gasteiger partial charge in [0.05, 0.1) is 18.4 Å². The molecule has 0 radical (unpaired) electrons. The predicted octanol–water partition coefficient (Wildman–Crippen LogP) is 10.8. The predicted molar refractivity (Wildman–Crippen MR) is 169 cm³/mol. The number of hydrogen-bond acceptors (Lipinski definition) is 3. The van der Waals surface area contributed by atoms with E-state index in [0.29, 0.717) is 29.2 Å². The van der Waals surface area contributed by atoms with Crippen LogP contribution in [0, 0.1) is 41.0 Å². The molecule has 1 fully saturated rings. The molecule has 1 heterocycles. The van der Waals surface area contributed by atoms with Crippen molar-refractivity contribution in [1.29, 1.82) is 0 Å². The maximum Gasteiger partial charge on any atom is 0.305 e. The smallest absolute Gasteiger partial charge is 0.305 e. The molecule has 2 unspecified atom stereocenters. The van der Waals surface area contributed by atoms with Crippen LogP contribution >= 0.6 is 11.8 Å². The van der Waals surface area contributed by atoms with Crippen molar-refractivity contribution in [2.45, 2.75) is 24.5 Å². The van der Waals surface area contributed by atoms with Gasteiger partial charge >= 0.3 is 6.08 Å². The van der Waals surface area contributed by atoms with Crippen LogP contribution in [0.1, 0.15) is 41.2 Å². The number of rotatable bonds is 9. The van der Waals surface area contributed by atoms with E-state index in [1.807, 2.05) is 17.8 Å². The maximum absolute atomic E-state index is 15.2. The minimum atomic E-state index is -2.16. The molecule has 1 aliphatic rings. The zero-order valence-corrected chi connectivity index (χ0v) is 25.3. The minimum Gasteiger partial charge on any atom is -0.502 e. The van der Waals surface area contributed by atoms with E-state index in [-0.39, 0.29) is 28.5 Å². The Hall–Kier alpha value is -4.55. The van der Waals surface area contributed by atoms with Gasteiger partial charge < -0.3 is 9.47 Å². The molecular formula is C37H28F6O2S. The summed E-state index contributed by atoms with van der Waals surface area (Å²) in [6.07, 6.45) is 2.40. The number of ether oxygens (including phenoxy) is 2. The summed E-state index contributed by atoms with van der Waals surface area (Å²) in [7, 11) is 0. The van der Waals surface area contributed by atoms with E-state index in [0.717, 1.165) is 60.9 Å². The van der Waals surface area contributed by atoms with E-state index in [1.165, 1.54) is 6.26 Å². The molecule has 4 aromatic carbocycles. The van der Waals surface area contributed by atoms with Gasteiger partial charge in [0, 0.05) is 21.9 Å². The van der Waals surface area contributed by atoms with Gasteiger partial charge in [-0.3, -0.25) is 0 Å². The van der Waals surface area contributed by atoms with Crippen LogP contribution < -0.4 is 4.74 Å². The monoisotopic (exact) mass is 650 g/mol. The summed E-state index contributed by atoms with van der Waals surface area (Å²) in [5, 5.41) is 0.251. The summed E-state index contributed by atoms with van der Waals surface area (Å²) in [6, 6.07) is 17.2. The van der Waals surface area contributed by atoms with Crippen LogP contribution in [-0.2, 0) is 4.74 Å². The standard InChI is InChI=1S/C37H28F6O2S/c1-2-44-16-15-24-7-14-35(46-22-24)27-10-12-29(30(38)19-27)26-8-5-23(6-9-26)3-4-25-17-32(40)37(33(41)18-25)28-11-13-34(31(39)20-28)45-21-36(42)43/h2,5-6,8-13,17-21,24,35H,1,7,14-16,22H2. The van der Waals surface area contributed by atoms with E-state index >= 15 is 4.39 Å². The zero-order chi connectivity index (χ0) is 32.6. The summed E-state index contributed by atoms with van der Waals surface area (Å²) in [6.45, 7) is 4.24. The van der Waals surface area contributed by atoms with E-state index in [1.54, 1.807) is 36.4 Å². The third-order valence-corrected chi connectivity index (χ3v) is 9.16. The first kappa shape index (κ1) is 32.8. The minimum absolute atomic E-state index is 0.0467. The topological polar surface area (TPSA) is 18.5 Å². The van der Waals surface area contributed by atoms with Gasteiger partial charge in [0.2, 0.25) is 0 Å². The van der Waals surface area contributed by atoms with Crippen molar-refractivity contribution in [2.75, 3.05) is 12.4 Å². The Balaban J connectivity index is 1.24. The average Bonchev–Trinajstić information content (AvgIpc) is 3.04. The quantitative estimate of drug-likeness (QED) is 0.0777. The second-order valence-corrected chi connectivity index (χ2v) is 11.9. The van der Waals surface area contributed by atoms with Crippen molar-refractivity contribution < 1.29 is 35.8 Å². The highest BCUT2D eigenvalue weighted by molar-refractivity contribution is 7.99. The van der Waals surface area contributed by atoms with Crippen molar-refractivity contribution in [3.8, 4) is 39.8 Å². The van der Waals surface area contributed by atoms with Gasteiger partial charge in [-0.25, -0.2) is 17.6 Å². The summed E-state index contributed by atoms with van der Waals surface area (Å²) in [5.41, 5.74) is 2.06. The molecule has 4 aromatic rings. The van der Waals surface area contributed by atoms with Crippen molar-refractivity contribution in [1.82, 2.24) is 0 Å². The number of thioether (sulfide) groups is 1. The highest BCUT2D eigenvalue weighted by Gasteiger charge is 2.24. The first-order valence-corrected chi connectivity index (χ1v) is 15.5. The van der Waals surface area contributed by atoms with Crippen molar-refractivity contribution in [3.63, 3.8) is 0 Å². The van der Waals surface area contributed by atoms with Crippen LogP contribution in [0.3, 0.4) is 0 Å². The molecule has 0 aromatic heterocycles. The van der Waals surface area contributed by atoms with Crippen molar-refractivity contribution >= 4 is 11.8 Å². The zero-order valence-electron chi connectivity index (χ0n) is 24.5. The molecule has 5 rings (SSSR count). The van der Waals surface area contributed by atoms with Gasteiger partial charge in [-0.1, -0.05) is 48.8 Å². The van der Waals surface area contributed by atoms with Gasteiger partial charge in [-0.15, -0.1) is 0 Å².